The van der Waals surface area contributed by atoms with E-state index < -0.39 is 0 Å². The number of rotatable bonds is 6. The van der Waals surface area contributed by atoms with Crippen LogP contribution in [-0.2, 0) is 6.42 Å². The molecule has 1 fully saturated rings. The summed E-state index contributed by atoms with van der Waals surface area (Å²) in [6, 6.07) is 16.6. The summed E-state index contributed by atoms with van der Waals surface area (Å²) in [5.41, 5.74) is 3.51. The Morgan fingerprint density at radius 2 is 1.77 bits per heavy atom. The minimum atomic E-state index is 0.633. The van der Waals surface area contributed by atoms with Gasteiger partial charge in [-0.05, 0) is 85.8 Å². The second-order valence-electron chi connectivity index (χ2n) is 7.70. The molecule has 5 rings (SSSR count). The first kappa shape index (κ1) is 19.2. The summed E-state index contributed by atoms with van der Waals surface area (Å²) in [5, 5.41) is 0.633. The lowest BCUT2D eigenvalue weighted by Crippen LogP contribution is -2.34. The van der Waals surface area contributed by atoms with Gasteiger partial charge in [-0.2, -0.15) is 4.98 Å². The molecule has 0 radical (unpaired) electrons. The lowest BCUT2D eigenvalue weighted by atomic mass is 9.90. The Morgan fingerprint density at radius 3 is 2.53 bits per heavy atom. The van der Waals surface area contributed by atoms with Crippen LogP contribution < -0.4 is 4.74 Å². The second-order valence-corrected chi connectivity index (χ2v) is 8.69. The Labute approximate surface area is 180 Å². The van der Waals surface area contributed by atoms with Crippen molar-refractivity contribution in [3.8, 4) is 10.9 Å². The van der Waals surface area contributed by atoms with Gasteiger partial charge in [-0.1, -0.05) is 23.5 Å². The number of hydrogen-bond acceptors (Lipinski definition) is 6. The van der Waals surface area contributed by atoms with E-state index in [0.29, 0.717) is 11.1 Å². The highest BCUT2D eigenvalue weighted by Gasteiger charge is 2.20. The van der Waals surface area contributed by atoms with Gasteiger partial charge in [-0.3, -0.25) is 4.98 Å². The zero-order valence-corrected chi connectivity index (χ0v) is 17.6. The highest BCUT2D eigenvalue weighted by Crippen LogP contribution is 2.30. The van der Waals surface area contributed by atoms with Crippen molar-refractivity contribution in [2.24, 2.45) is 0 Å². The first-order valence-corrected chi connectivity index (χ1v) is 11.3. The molecule has 1 aromatic carbocycles. The van der Waals surface area contributed by atoms with Gasteiger partial charge in [0, 0.05) is 25.1 Å². The van der Waals surface area contributed by atoms with Gasteiger partial charge in [0.15, 0.2) is 5.65 Å². The molecule has 30 heavy (non-hydrogen) atoms. The van der Waals surface area contributed by atoms with Crippen LogP contribution in [0.4, 0.5) is 0 Å². The summed E-state index contributed by atoms with van der Waals surface area (Å²) in [5.74, 6) is 1.49. The van der Waals surface area contributed by atoms with Crippen LogP contribution in [0.1, 0.15) is 29.9 Å². The SMILES string of the molecule is c1cnc2nc(Oc3ccc(CCN4CCC(c5ccncc5)CC4)cc3)sc2c1. The molecule has 0 spiro atoms. The van der Waals surface area contributed by atoms with Gasteiger partial charge in [0.05, 0.1) is 4.70 Å². The van der Waals surface area contributed by atoms with E-state index in [-0.39, 0.29) is 0 Å². The number of hydrogen-bond donors (Lipinski definition) is 0. The van der Waals surface area contributed by atoms with Crippen molar-refractivity contribution in [1.82, 2.24) is 19.9 Å². The van der Waals surface area contributed by atoms with Crippen LogP contribution in [0.5, 0.6) is 10.9 Å². The molecule has 4 aromatic rings. The van der Waals surface area contributed by atoms with Gasteiger partial charge >= 0.3 is 0 Å². The maximum absolute atomic E-state index is 5.92. The third kappa shape index (κ3) is 4.50. The summed E-state index contributed by atoms with van der Waals surface area (Å²) >= 11 is 1.52. The molecule has 1 aliphatic rings. The number of ether oxygens (including phenoxy) is 1. The molecule has 1 aliphatic heterocycles. The molecular weight excluding hydrogens is 392 g/mol. The molecule has 0 amide bonds. The number of nitrogens with zero attached hydrogens (tertiary/aromatic N) is 4. The third-order valence-corrected chi connectivity index (χ3v) is 6.64. The Hall–Kier alpha value is -2.83. The van der Waals surface area contributed by atoms with Crippen LogP contribution in [-0.4, -0.2) is 39.5 Å². The number of benzene rings is 1. The number of likely N-dealkylation sites (tertiary alicyclic amines) is 1. The summed E-state index contributed by atoms with van der Waals surface area (Å²) < 4.78 is 6.96. The predicted molar refractivity (Wildman–Crippen MR) is 120 cm³/mol. The third-order valence-electron chi connectivity index (χ3n) is 5.76. The highest BCUT2D eigenvalue weighted by atomic mass is 32.1. The first-order chi connectivity index (χ1) is 14.8. The molecule has 0 saturated carbocycles. The molecule has 0 unspecified atom stereocenters. The molecule has 4 heterocycles. The number of fused-ring (bicyclic) bond motifs is 1. The summed E-state index contributed by atoms with van der Waals surface area (Å²) in [4.78, 5) is 15.4. The number of piperidine rings is 1. The van der Waals surface area contributed by atoms with Gasteiger partial charge in [-0.25, -0.2) is 4.98 Å². The van der Waals surface area contributed by atoms with E-state index in [1.165, 1.54) is 48.4 Å². The summed E-state index contributed by atoms with van der Waals surface area (Å²) in [7, 11) is 0. The van der Waals surface area contributed by atoms with Crippen LogP contribution in [0.3, 0.4) is 0 Å². The predicted octanol–water partition coefficient (Wildman–Crippen LogP) is 5.30. The fourth-order valence-corrected chi connectivity index (χ4v) is 4.82. The van der Waals surface area contributed by atoms with Gasteiger partial charge in [0.25, 0.3) is 5.19 Å². The van der Waals surface area contributed by atoms with Crippen molar-refractivity contribution in [2.45, 2.75) is 25.2 Å². The van der Waals surface area contributed by atoms with E-state index in [2.05, 4.69) is 44.1 Å². The Bertz CT molecular complexity index is 1060. The first-order valence-electron chi connectivity index (χ1n) is 10.4. The number of pyridine rings is 2. The minimum absolute atomic E-state index is 0.633. The Morgan fingerprint density at radius 1 is 0.967 bits per heavy atom. The van der Waals surface area contributed by atoms with Crippen molar-refractivity contribution >= 4 is 21.7 Å². The van der Waals surface area contributed by atoms with E-state index in [0.717, 1.165) is 29.1 Å². The Balaban J connectivity index is 1.11. The van der Waals surface area contributed by atoms with Crippen LogP contribution in [0.2, 0.25) is 0 Å². The van der Waals surface area contributed by atoms with Gasteiger partial charge in [-0.15, -0.1) is 0 Å². The molecule has 0 atom stereocenters. The summed E-state index contributed by atoms with van der Waals surface area (Å²) in [6.45, 7) is 3.44. The van der Waals surface area contributed by atoms with Crippen LogP contribution >= 0.6 is 11.3 Å². The topological polar surface area (TPSA) is 51.1 Å². The lowest BCUT2D eigenvalue weighted by molar-refractivity contribution is 0.214. The van der Waals surface area contributed by atoms with Gasteiger partial charge in [0.2, 0.25) is 0 Å². The standard InChI is InChI=1S/C24H24N4OS/c1-2-22-23(26-12-1)27-24(30-22)29-21-5-3-18(4-6-21)9-15-28-16-10-20(11-17-28)19-7-13-25-14-8-19/h1-8,12-14,20H,9-11,15-17H2. The van der Waals surface area contributed by atoms with E-state index in [4.69, 9.17) is 4.74 Å². The van der Waals surface area contributed by atoms with Crippen LogP contribution in [0, 0.1) is 0 Å². The average Bonchev–Trinajstić information content (AvgIpc) is 3.22. The normalized spacial score (nSPS) is 15.5. The minimum Gasteiger partial charge on any atom is -0.431 e. The van der Waals surface area contributed by atoms with Crippen LogP contribution in [0.25, 0.3) is 10.3 Å². The largest absolute Gasteiger partial charge is 0.431 e. The molecule has 6 heteroatoms. The fourth-order valence-electron chi connectivity index (χ4n) is 4.03. The fraction of sp³-hybridized carbons (Fsp3) is 0.292. The van der Waals surface area contributed by atoms with Crippen molar-refractivity contribution in [3.63, 3.8) is 0 Å². The van der Waals surface area contributed by atoms with Crippen molar-refractivity contribution in [3.05, 3.63) is 78.2 Å². The van der Waals surface area contributed by atoms with E-state index in [9.17, 15) is 0 Å². The molecule has 5 nitrogen and oxygen atoms in total. The molecule has 0 bridgehead atoms. The highest BCUT2D eigenvalue weighted by molar-refractivity contribution is 7.20. The summed E-state index contributed by atoms with van der Waals surface area (Å²) in [6.07, 6.45) is 9.08. The van der Waals surface area contributed by atoms with Crippen molar-refractivity contribution in [1.29, 1.82) is 0 Å². The molecule has 1 saturated heterocycles. The monoisotopic (exact) mass is 416 g/mol. The Kier molecular flexibility index (Phi) is 5.68. The maximum Gasteiger partial charge on any atom is 0.281 e. The molecular formula is C24H24N4OS. The zero-order valence-electron chi connectivity index (χ0n) is 16.8. The van der Waals surface area contributed by atoms with Gasteiger partial charge < -0.3 is 9.64 Å². The van der Waals surface area contributed by atoms with Crippen molar-refractivity contribution in [2.75, 3.05) is 19.6 Å². The molecule has 0 N–H and O–H groups in total. The molecule has 3 aromatic heterocycles. The lowest BCUT2D eigenvalue weighted by Gasteiger charge is -2.32. The van der Waals surface area contributed by atoms with Crippen LogP contribution in [0.15, 0.2) is 67.1 Å². The van der Waals surface area contributed by atoms with E-state index in [1.807, 2.05) is 36.7 Å². The number of aromatic nitrogens is 3. The van der Waals surface area contributed by atoms with E-state index >= 15 is 0 Å². The molecule has 0 aliphatic carbocycles. The smallest absolute Gasteiger partial charge is 0.281 e. The average molecular weight is 417 g/mol. The number of thiazole rings is 1. The maximum atomic E-state index is 5.92. The van der Waals surface area contributed by atoms with Gasteiger partial charge in [0.1, 0.15) is 5.75 Å². The van der Waals surface area contributed by atoms with E-state index in [1.54, 1.807) is 6.20 Å². The zero-order chi connectivity index (χ0) is 20.2. The van der Waals surface area contributed by atoms with Crippen molar-refractivity contribution < 1.29 is 4.74 Å². The second kappa shape index (κ2) is 8.90. The quantitative estimate of drug-likeness (QED) is 0.427. The molecule has 152 valence electrons.